The van der Waals surface area contributed by atoms with Crippen molar-refractivity contribution < 1.29 is 14.3 Å². The topological polar surface area (TPSA) is 122 Å². The summed E-state index contributed by atoms with van der Waals surface area (Å²) in [5.41, 5.74) is 14.9. The second-order valence-electron chi connectivity index (χ2n) is 10.4. The van der Waals surface area contributed by atoms with Gasteiger partial charge in [0.05, 0.1) is 17.5 Å². The number of nitrogen functional groups attached to an aromatic ring is 1. The lowest BCUT2D eigenvalue weighted by Gasteiger charge is -2.39. The van der Waals surface area contributed by atoms with Gasteiger partial charge in [-0.15, -0.1) is 0 Å². The van der Waals surface area contributed by atoms with E-state index in [1.54, 1.807) is 0 Å². The summed E-state index contributed by atoms with van der Waals surface area (Å²) in [4.78, 5) is 22.9. The van der Waals surface area contributed by atoms with Crippen molar-refractivity contribution in [2.24, 2.45) is 11.7 Å². The van der Waals surface area contributed by atoms with Gasteiger partial charge in [0.15, 0.2) is 0 Å². The number of anilines is 1. The van der Waals surface area contributed by atoms with E-state index in [9.17, 15) is 4.79 Å². The SMILES string of the molecule is NC(=O)C1CCCN1CC1CC(n2cc(-c3cccc(OCC4CCCO4)c3)c3c(N)ncnc32)C1. The number of likely N-dealkylation sites (tertiary alicyclic amines) is 1. The third kappa shape index (κ3) is 4.41. The van der Waals surface area contributed by atoms with Gasteiger partial charge in [0.25, 0.3) is 0 Å². The molecule has 2 unspecified atom stereocenters. The van der Waals surface area contributed by atoms with Crippen LogP contribution in [0, 0.1) is 5.92 Å². The van der Waals surface area contributed by atoms with Crippen LogP contribution in [0.3, 0.4) is 0 Å². The Morgan fingerprint density at radius 1 is 1.19 bits per heavy atom. The minimum atomic E-state index is -0.196. The molecule has 9 heteroatoms. The van der Waals surface area contributed by atoms with Crippen LogP contribution < -0.4 is 16.2 Å². The van der Waals surface area contributed by atoms with Gasteiger partial charge in [-0.25, -0.2) is 9.97 Å². The molecule has 2 atom stereocenters. The molecule has 3 aromatic rings. The van der Waals surface area contributed by atoms with Crippen LogP contribution in [0.5, 0.6) is 5.75 Å². The Hall–Kier alpha value is -3.17. The summed E-state index contributed by atoms with van der Waals surface area (Å²) < 4.78 is 14.0. The molecule has 190 valence electrons. The molecule has 4 heterocycles. The number of aromatic nitrogens is 3. The zero-order chi connectivity index (χ0) is 24.6. The Bertz CT molecular complexity index is 1250. The fraction of sp³-hybridized carbons (Fsp3) is 0.519. The summed E-state index contributed by atoms with van der Waals surface area (Å²) >= 11 is 0. The number of rotatable bonds is 8. The Kier molecular flexibility index (Phi) is 6.27. The second kappa shape index (κ2) is 9.71. The van der Waals surface area contributed by atoms with Crippen molar-refractivity contribution in [3.05, 3.63) is 36.8 Å². The molecule has 0 bridgehead atoms. The molecular formula is C27H34N6O3. The highest BCUT2D eigenvalue weighted by atomic mass is 16.5. The van der Waals surface area contributed by atoms with Crippen LogP contribution >= 0.6 is 0 Å². The van der Waals surface area contributed by atoms with E-state index in [-0.39, 0.29) is 18.1 Å². The number of benzene rings is 1. The third-order valence-electron chi connectivity index (χ3n) is 8.03. The molecule has 36 heavy (non-hydrogen) atoms. The fourth-order valence-corrected chi connectivity index (χ4v) is 6.10. The van der Waals surface area contributed by atoms with Gasteiger partial charge in [-0.1, -0.05) is 12.1 Å². The van der Waals surface area contributed by atoms with Crippen molar-refractivity contribution in [2.75, 3.05) is 32.0 Å². The minimum Gasteiger partial charge on any atom is -0.491 e. The van der Waals surface area contributed by atoms with E-state index in [2.05, 4.69) is 37.8 Å². The number of nitrogens with two attached hydrogens (primary N) is 2. The van der Waals surface area contributed by atoms with Crippen molar-refractivity contribution in [2.45, 2.75) is 56.7 Å². The van der Waals surface area contributed by atoms with Gasteiger partial charge in [-0.2, -0.15) is 0 Å². The van der Waals surface area contributed by atoms with Gasteiger partial charge in [-0.05, 0) is 68.7 Å². The summed E-state index contributed by atoms with van der Waals surface area (Å²) in [5.74, 6) is 1.65. The second-order valence-corrected chi connectivity index (χ2v) is 10.4. The number of ether oxygens (including phenoxy) is 2. The average molecular weight is 491 g/mol. The Balaban J connectivity index is 1.21. The first-order valence-electron chi connectivity index (χ1n) is 13.1. The molecule has 1 aliphatic carbocycles. The van der Waals surface area contributed by atoms with Crippen LogP contribution in [0.4, 0.5) is 5.82 Å². The van der Waals surface area contributed by atoms with Crippen LogP contribution in [0.2, 0.25) is 0 Å². The van der Waals surface area contributed by atoms with E-state index in [4.69, 9.17) is 20.9 Å². The highest BCUT2D eigenvalue weighted by molar-refractivity contribution is 6.00. The average Bonchev–Trinajstić information content (AvgIpc) is 3.60. The molecule has 0 spiro atoms. The standard InChI is InChI=1S/C27H34N6O3/c28-25-24-22(18-4-1-5-20(12-18)36-15-21-6-3-9-35-21)14-33(27(24)31-16-30-25)19-10-17(11-19)13-32-8-2-7-23(32)26(29)34/h1,4-5,12,14,16-17,19,21,23H,2-3,6-11,13,15H2,(H2,29,34)(H2,28,30,31). The number of nitrogens with zero attached hydrogens (tertiary/aromatic N) is 4. The molecule has 2 aromatic heterocycles. The van der Waals surface area contributed by atoms with Gasteiger partial charge < -0.3 is 25.5 Å². The van der Waals surface area contributed by atoms with Crippen molar-refractivity contribution in [3.8, 4) is 16.9 Å². The molecule has 1 saturated carbocycles. The summed E-state index contributed by atoms with van der Waals surface area (Å²) in [7, 11) is 0. The molecule has 3 aliphatic rings. The zero-order valence-corrected chi connectivity index (χ0v) is 20.5. The normalized spacial score (nSPS) is 26.3. The molecule has 2 aliphatic heterocycles. The third-order valence-corrected chi connectivity index (χ3v) is 8.03. The van der Waals surface area contributed by atoms with Crippen LogP contribution in [0.15, 0.2) is 36.8 Å². The maximum atomic E-state index is 11.8. The van der Waals surface area contributed by atoms with Gasteiger partial charge in [0.2, 0.25) is 5.91 Å². The van der Waals surface area contributed by atoms with E-state index in [1.165, 1.54) is 6.33 Å². The van der Waals surface area contributed by atoms with E-state index < -0.39 is 0 Å². The lowest BCUT2D eigenvalue weighted by molar-refractivity contribution is -0.122. The molecule has 9 nitrogen and oxygen atoms in total. The summed E-state index contributed by atoms with van der Waals surface area (Å²) in [5, 5.41) is 0.880. The van der Waals surface area contributed by atoms with Gasteiger partial charge in [0.1, 0.15) is 30.1 Å². The van der Waals surface area contributed by atoms with E-state index >= 15 is 0 Å². The number of carbonyl (C=O) groups excluding carboxylic acids is 1. The first-order chi connectivity index (χ1) is 17.6. The summed E-state index contributed by atoms with van der Waals surface area (Å²) in [6.07, 6.45) is 10.0. The fourth-order valence-electron chi connectivity index (χ4n) is 6.10. The molecule has 2 saturated heterocycles. The van der Waals surface area contributed by atoms with Gasteiger partial charge >= 0.3 is 0 Å². The van der Waals surface area contributed by atoms with Crippen LogP contribution in [-0.4, -0.2) is 63.8 Å². The summed E-state index contributed by atoms with van der Waals surface area (Å²) in [6.45, 7) is 3.27. The highest BCUT2D eigenvalue weighted by Gasteiger charge is 2.37. The highest BCUT2D eigenvalue weighted by Crippen LogP contribution is 2.44. The molecule has 1 amide bonds. The number of primary amides is 1. The van der Waals surface area contributed by atoms with Crippen molar-refractivity contribution >= 4 is 22.8 Å². The smallest absolute Gasteiger partial charge is 0.234 e. The van der Waals surface area contributed by atoms with Crippen LogP contribution in [0.1, 0.15) is 44.6 Å². The molecular weight excluding hydrogens is 456 g/mol. The van der Waals surface area contributed by atoms with Crippen LogP contribution in [-0.2, 0) is 9.53 Å². The molecule has 4 N–H and O–H groups in total. The largest absolute Gasteiger partial charge is 0.491 e. The number of hydrogen-bond acceptors (Lipinski definition) is 7. The van der Waals surface area contributed by atoms with Gasteiger partial charge in [0, 0.05) is 31.0 Å². The molecule has 6 rings (SSSR count). The van der Waals surface area contributed by atoms with E-state index in [0.29, 0.717) is 24.4 Å². The Morgan fingerprint density at radius 3 is 2.89 bits per heavy atom. The molecule has 3 fully saturated rings. The Morgan fingerprint density at radius 2 is 2.08 bits per heavy atom. The zero-order valence-electron chi connectivity index (χ0n) is 20.5. The monoisotopic (exact) mass is 490 g/mol. The number of fused-ring (bicyclic) bond motifs is 1. The first-order valence-corrected chi connectivity index (χ1v) is 13.1. The van der Waals surface area contributed by atoms with Crippen molar-refractivity contribution in [1.82, 2.24) is 19.4 Å². The maximum Gasteiger partial charge on any atom is 0.234 e. The lowest BCUT2D eigenvalue weighted by atomic mass is 9.79. The number of amides is 1. The minimum absolute atomic E-state index is 0.106. The van der Waals surface area contributed by atoms with Crippen LogP contribution in [0.25, 0.3) is 22.2 Å². The van der Waals surface area contributed by atoms with E-state index in [0.717, 1.165) is 86.1 Å². The van der Waals surface area contributed by atoms with E-state index in [1.807, 2.05) is 12.1 Å². The number of carbonyl (C=O) groups is 1. The quantitative estimate of drug-likeness (QED) is 0.497. The van der Waals surface area contributed by atoms with Crippen molar-refractivity contribution in [3.63, 3.8) is 0 Å². The Labute approximate surface area is 210 Å². The molecule has 1 aromatic carbocycles. The summed E-state index contributed by atoms with van der Waals surface area (Å²) in [6, 6.07) is 8.35. The maximum absolute atomic E-state index is 11.8. The van der Waals surface area contributed by atoms with Gasteiger partial charge in [-0.3, -0.25) is 9.69 Å². The van der Waals surface area contributed by atoms with Crippen molar-refractivity contribution in [1.29, 1.82) is 0 Å². The first kappa shape index (κ1) is 23.2. The number of hydrogen-bond donors (Lipinski definition) is 2. The molecule has 0 radical (unpaired) electrons. The predicted octanol–water partition coefficient (Wildman–Crippen LogP) is 3.14. The predicted molar refractivity (Wildman–Crippen MR) is 137 cm³/mol. The lowest BCUT2D eigenvalue weighted by Crippen LogP contribution is -2.44.